The third kappa shape index (κ3) is 4.95. The average Bonchev–Trinajstić information content (AvgIpc) is 2.67. The summed E-state index contributed by atoms with van der Waals surface area (Å²) in [7, 11) is 0. The van der Waals surface area contributed by atoms with Gasteiger partial charge in [0.1, 0.15) is 5.56 Å². The molecule has 0 saturated carbocycles. The molecule has 8 nitrogen and oxygen atoms in total. The van der Waals surface area contributed by atoms with Crippen LogP contribution in [0.4, 0.5) is 11.4 Å². The van der Waals surface area contributed by atoms with Crippen LogP contribution in [0.25, 0.3) is 0 Å². The predicted molar refractivity (Wildman–Crippen MR) is 103 cm³/mol. The van der Waals surface area contributed by atoms with E-state index < -0.39 is 22.4 Å². The van der Waals surface area contributed by atoms with E-state index in [1.165, 1.54) is 12.1 Å². The number of amides is 2. The van der Waals surface area contributed by atoms with E-state index >= 15 is 0 Å². The molecule has 0 atom stereocenters. The second-order valence-electron chi connectivity index (χ2n) is 5.55. The van der Waals surface area contributed by atoms with Crippen LogP contribution in [-0.4, -0.2) is 29.8 Å². The Morgan fingerprint density at radius 1 is 1.04 bits per heavy atom. The van der Waals surface area contributed by atoms with Gasteiger partial charge in [-0.3, -0.25) is 30.6 Å². The van der Waals surface area contributed by atoms with Gasteiger partial charge in [0.2, 0.25) is 0 Å². The molecule has 0 aliphatic carbocycles. The number of carbonyl (C=O) groups excluding carboxylic acids is 2. The first-order chi connectivity index (χ1) is 12.9. The van der Waals surface area contributed by atoms with Crippen LogP contribution in [0.5, 0.6) is 0 Å². The molecule has 2 rings (SSSR count). The van der Waals surface area contributed by atoms with Crippen LogP contribution < -0.4 is 15.8 Å². The summed E-state index contributed by atoms with van der Waals surface area (Å²) in [6.07, 6.45) is 0. The fraction of sp³-hybridized carbons (Fsp3) is 0.222. The number of benzene rings is 2. The molecule has 0 aromatic heterocycles. The van der Waals surface area contributed by atoms with Gasteiger partial charge in [-0.25, -0.2) is 0 Å². The summed E-state index contributed by atoms with van der Waals surface area (Å²) >= 11 is 5.72. The lowest BCUT2D eigenvalue weighted by Crippen LogP contribution is -2.41. The number of hydrogen-bond acceptors (Lipinski definition) is 5. The Bertz CT molecular complexity index is 851. The topological polar surface area (TPSA) is 105 Å². The molecule has 0 heterocycles. The van der Waals surface area contributed by atoms with Gasteiger partial charge in [0.15, 0.2) is 0 Å². The Labute approximate surface area is 161 Å². The molecule has 0 aliphatic heterocycles. The third-order valence-electron chi connectivity index (χ3n) is 3.95. The van der Waals surface area contributed by atoms with Gasteiger partial charge in [-0.15, -0.1) is 0 Å². The van der Waals surface area contributed by atoms with Gasteiger partial charge in [-0.1, -0.05) is 11.6 Å². The molecule has 0 spiro atoms. The van der Waals surface area contributed by atoms with Gasteiger partial charge in [0.25, 0.3) is 17.5 Å². The molecule has 27 heavy (non-hydrogen) atoms. The highest BCUT2D eigenvalue weighted by Gasteiger charge is 2.21. The van der Waals surface area contributed by atoms with Crippen molar-refractivity contribution in [3.63, 3.8) is 0 Å². The predicted octanol–water partition coefficient (Wildman–Crippen LogP) is 3.17. The van der Waals surface area contributed by atoms with E-state index in [4.69, 9.17) is 11.6 Å². The van der Waals surface area contributed by atoms with Crippen LogP contribution in [-0.2, 0) is 0 Å². The van der Waals surface area contributed by atoms with Crippen LogP contribution in [0.2, 0.25) is 5.02 Å². The smallest absolute Gasteiger partial charge is 0.283 e. The van der Waals surface area contributed by atoms with E-state index in [9.17, 15) is 19.7 Å². The fourth-order valence-corrected chi connectivity index (χ4v) is 2.68. The number of nitro benzene ring substituents is 1. The van der Waals surface area contributed by atoms with Gasteiger partial charge >= 0.3 is 0 Å². The van der Waals surface area contributed by atoms with Crippen LogP contribution in [0, 0.1) is 10.1 Å². The molecule has 9 heteroatoms. The van der Waals surface area contributed by atoms with E-state index in [2.05, 4.69) is 15.8 Å². The first kappa shape index (κ1) is 20.2. The van der Waals surface area contributed by atoms with Crippen molar-refractivity contribution in [2.45, 2.75) is 13.8 Å². The number of anilines is 1. The molecular formula is C18H19ClN4O4. The van der Waals surface area contributed by atoms with Gasteiger partial charge in [0, 0.05) is 35.4 Å². The quantitative estimate of drug-likeness (QED) is 0.582. The van der Waals surface area contributed by atoms with Crippen molar-refractivity contribution in [2.75, 3.05) is 18.0 Å². The number of hydrazine groups is 1. The summed E-state index contributed by atoms with van der Waals surface area (Å²) < 4.78 is 0. The van der Waals surface area contributed by atoms with Crippen molar-refractivity contribution in [2.24, 2.45) is 0 Å². The molecule has 2 aromatic carbocycles. The van der Waals surface area contributed by atoms with Crippen molar-refractivity contribution in [3.8, 4) is 0 Å². The third-order valence-corrected chi connectivity index (χ3v) is 4.18. The van der Waals surface area contributed by atoms with E-state index in [0.29, 0.717) is 5.56 Å². The van der Waals surface area contributed by atoms with Gasteiger partial charge in [-0.2, -0.15) is 0 Å². The maximum absolute atomic E-state index is 12.2. The van der Waals surface area contributed by atoms with Gasteiger partial charge in [-0.05, 0) is 50.2 Å². The molecule has 142 valence electrons. The maximum atomic E-state index is 12.2. The van der Waals surface area contributed by atoms with Crippen molar-refractivity contribution >= 4 is 34.8 Å². The minimum Gasteiger partial charge on any atom is -0.372 e. The summed E-state index contributed by atoms with van der Waals surface area (Å²) in [5.74, 6) is -1.35. The molecule has 2 amide bonds. The minimum atomic E-state index is -0.813. The van der Waals surface area contributed by atoms with Crippen molar-refractivity contribution in [1.82, 2.24) is 10.9 Å². The largest absolute Gasteiger partial charge is 0.372 e. The zero-order valence-electron chi connectivity index (χ0n) is 14.9. The Morgan fingerprint density at radius 3 is 2.19 bits per heavy atom. The Hall–Kier alpha value is -3.13. The second kappa shape index (κ2) is 9.00. The number of nitrogens with zero attached hydrogens (tertiary/aromatic N) is 2. The van der Waals surface area contributed by atoms with Gasteiger partial charge in [0.05, 0.1) is 4.92 Å². The Balaban J connectivity index is 2.05. The number of nitro groups is 1. The summed E-state index contributed by atoms with van der Waals surface area (Å²) in [6, 6.07) is 10.6. The highest BCUT2D eigenvalue weighted by atomic mass is 35.5. The van der Waals surface area contributed by atoms with Crippen LogP contribution in [0.1, 0.15) is 34.6 Å². The first-order valence-electron chi connectivity index (χ1n) is 8.27. The fourth-order valence-electron chi connectivity index (χ4n) is 2.51. The van der Waals surface area contributed by atoms with Gasteiger partial charge < -0.3 is 4.90 Å². The normalized spacial score (nSPS) is 10.2. The Kier molecular flexibility index (Phi) is 6.73. The molecule has 0 bridgehead atoms. The monoisotopic (exact) mass is 390 g/mol. The number of hydrogen-bond donors (Lipinski definition) is 2. The molecule has 0 unspecified atom stereocenters. The molecular weight excluding hydrogens is 372 g/mol. The number of halogens is 1. The highest BCUT2D eigenvalue weighted by molar-refractivity contribution is 6.31. The first-order valence-corrected chi connectivity index (χ1v) is 8.64. The summed E-state index contributed by atoms with van der Waals surface area (Å²) in [6.45, 7) is 5.77. The number of rotatable bonds is 6. The summed E-state index contributed by atoms with van der Waals surface area (Å²) in [4.78, 5) is 36.8. The standard InChI is InChI=1S/C18H19ClN4O4/c1-3-22(4-2)14-8-5-12(6-9-14)17(24)20-21-18(25)15-10-7-13(19)11-16(15)23(26)27/h5-11H,3-4H2,1-2H3,(H,20,24)(H,21,25). The molecule has 0 saturated heterocycles. The number of nitrogens with one attached hydrogen (secondary N) is 2. The van der Waals surface area contributed by atoms with Crippen LogP contribution in [0.15, 0.2) is 42.5 Å². The Morgan fingerprint density at radius 2 is 1.63 bits per heavy atom. The van der Waals surface area contributed by atoms with Crippen molar-refractivity contribution in [1.29, 1.82) is 0 Å². The lowest BCUT2D eigenvalue weighted by atomic mass is 10.1. The van der Waals surface area contributed by atoms with E-state index in [1.54, 1.807) is 12.1 Å². The van der Waals surface area contributed by atoms with Crippen LogP contribution in [0.3, 0.4) is 0 Å². The van der Waals surface area contributed by atoms with Crippen LogP contribution >= 0.6 is 11.6 Å². The lowest BCUT2D eigenvalue weighted by Gasteiger charge is -2.21. The molecule has 0 radical (unpaired) electrons. The molecule has 0 aliphatic rings. The minimum absolute atomic E-state index is 0.135. The SMILES string of the molecule is CCN(CC)c1ccc(C(=O)NNC(=O)c2ccc(Cl)cc2[N+](=O)[O-])cc1. The van der Waals surface area contributed by atoms with E-state index in [-0.39, 0.29) is 10.6 Å². The van der Waals surface area contributed by atoms with E-state index in [1.807, 2.05) is 26.0 Å². The maximum Gasteiger partial charge on any atom is 0.283 e. The number of carbonyl (C=O) groups is 2. The zero-order valence-corrected chi connectivity index (χ0v) is 15.6. The van der Waals surface area contributed by atoms with Crippen molar-refractivity contribution in [3.05, 3.63) is 68.7 Å². The molecule has 2 aromatic rings. The highest BCUT2D eigenvalue weighted by Crippen LogP contribution is 2.23. The zero-order chi connectivity index (χ0) is 20.0. The second-order valence-corrected chi connectivity index (χ2v) is 5.98. The summed E-state index contributed by atoms with van der Waals surface area (Å²) in [5.41, 5.74) is 5.10. The molecule has 0 fully saturated rings. The average molecular weight is 391 g/mol. The lowest BCUT2D eigenvalue weighted by molar-refractivity contribution is -0.385. The summed E-state index contributed by atoms with van der Waals surface area (Å²) in [5, 5.41) is 11.2. The van der Waals surface area contributed by atoms with Crippen molar-refractivity contribution < 1.29 is 14.5 Å². The van der Waals surface area contributed by atoms with E-state index in [0.717, 1.165) is 24.8 Å². The molecule has 2 N–H and O–H groups in total.